The van der Waals surface area contributed by atoms with Crippen molar-refractivity contribution in [2.45, 2.75) is 51.2 Å². The Morgan fingerprint density at radius 3 is 2.87 bits per heavy atom. The summed E-state index contributed by atoms with van der Waals surface area (Å²) in [6.45, 7) is 2.28. The van der Waals surface area contributed by atoms with Gasteiger partial charge in [0.2, 0.25) is 0 Å². The van der Waals surface area contributed by atoms with Crippen molar-refractivity contribution >= 4 is 0 Å². The highest BCUT2D eigenvalue weighted by Crippen LogP contribution is 2.44. The second-order valence-electron chi connectivity index (χ2n) is 7.23. The number of hydrogen-bond donors (Lipinski definition) is 1. The minimum Gasteiger partial charge on any atom is -0.393 e. The lowest BCUT2D eigenvalue weighted by Gasteiger charge is -2.31. The van der Waals surface area contributed by atoms with E-state index in [1.54, 1.807) is 18.6 Å². The van der Waals surface area contributed by atoms with Crippen LogP contribution in [0.2, 0.25) is 0 Å². The van der Waals surface area contributed by atoms with Crippen molar-refractivity contribution in [3.63, 3.8) is 0 Å². The number of aliphatic hydroxyl groups is 1. The average molecular weight is 314 g/mol. The number of fused-ring (bicyclic) bond motifs is 3. The molecule has 1 aromatic heterocycles. The lowest BCUT2D eigenvalue weighted by atomic mass is 9.78. The van der Waals surface area contributed by atoms with Gasteiger partial charge in [0.15, 0.2) is 0 Å². The third kappa shape index (κ3) is 2.49. The molecular formula is C19H23FN2O. The molecule has 0 spiro atoms. The summed E-state index contributed by atoms with van der Waals surface area (Å²) in [6.07, 6.45) is 8.26. The summed E-state index contributed by atoms with van der Waals surface area (Å²) in [5.41, 5.74) is 2.58. The van der Waals surface area contributed by atoms with Gasteiger partial charge in [0.1, 0.15) is 5.82 Å². The van der Waals surface area contributed by atoms with Gasteiger partial charge in [0.25, 0.3) is 0 Å². The average Bonchev–Trinajstić information content (AvgIpc) is 3.12. The van der Waals surface area contributed by atoms with Crippen molar-refractivity contribution in [1.29, 1.82) is 0 Å². The normalized spacial score (nSPS) is 27.5. The summed E-state index contributed by atoms with van der Waals surface area (Å²) >= 11 is 0. The number of halogens is 1. The van der Waals surface area contributed by atoms with E-state index >= 15 is 0 Å². The lowest BCUT2D eigenvalue weighted by Crippen LogP contribution is -2.28. The van der Waals surface area contributed by atoms with Gasteiger partial charge in [-0.05, 0) is 37.2 Å². The molecule has 1 N–H and O–H groups in total. The topological polar surface area (TPSA) is 38.1 Å². The van der Waals surface area contributed by atoms with Gasteiger partial charge in [-0.3, -0.25) is 0 Å². The largest absolute Gasteiger partial charge is 0.393 e. The van der Waals surface area contributed by atoms with Crippen LogP contribution in [-0.2, 0) is 0 Å². The van der Waals surface area contributed by atoms with E-state index in [0.29, 0.717) is 17.9 Å². The van der Waals surface area contributed by atoms with Crippen molar-refractivity contribution in [2.75, 3.05) is 0 Å². The lowest BCUT2D eigenvalue weighted by molar-refractivity contribution is 0.0605. The molecule has 1 aliphatic carbocycles. The van der Waals surface area contributed by atoms with Crippen molar-refractivity contribution in [3.05, 3.63) is 42.1 Å². The molecule has 2 unspecified atom stereocenters. The molecule has 1 fully saturated rings. The molecule has 0 bridgehead atoms. The van der Waals surface area contributed by atoms with Gasteiger partial charge in [0.05, 0.1) is 30.4 Å². The van der Waals surface area contributed by atoms with Crippen LogP contribution in [0.1, 0.15) is 50.6 Å². The van der Waals surface area contributed by atoms with Gasteiger partial charge in [-0.15, -0.1) is 0 Å². The first kappa shape index (κ1) is 14.9. The molecule has 0 saturated heterocycles. The van der Waals surface area contributed by atoms with Crippen LogP contribution in [-0.4, -0.2) is 20.8 Å². The summed E-state index contributed by atoms with van der Waals surface area (Å²) < 4.78 is 16.4. The molecule has 2 heterocycles. The van der Waals surface area contributed by atoms with Gasteiger partial charge < -0.3 is 9.67 Å². The molecular weight excluding hydrogens is 291 g/mol. The second kappa shape index (κ2) is 5.75. The van der Waals surface area contributed by atoms with Crippen LogP contribution < -0.4 is 0 Å². The highest BCUT2D eigenvalue weighted by atomic mass is 19.1. The van der Waals surface area contributed by atoms with E-state index in [1.807, 2.05) is 10.6 Å². The molecule has 4 heteroatoms. The van der Waals surface area contributed by atoms with Gasteiger partial charge in [-0.2, -0.15) is 0 Å². The van der Waals surface area contributed by atoms with Crippen LogP contribution in [0.25, 0.3) is 11.3 Å². The summed E-state index contributed by atoms with van der Waals surface area (Å²) in [4.78, 5) is 4.21. The highest BCUT2D eigenvalue weighted by molar-refractivity contribution is 5.69. The van der Waals surface area contributed by atoms with Gasteiger partial charge >= 0.3 is 0 Å². The summed E-state index contributed by atoms with van der Waals surface area (Å²) in [6, 6.07) is 5.06. The molecule has 122 valence electrons. The van der Waals surface area contributed by atoms with Crippen molar-refractivity contribution in [2.24, 2.45) is 11.8 Å². The molecule has 1 saturated carbocycles. The molecule has 23 heavy (non-hydrogen) atoms. The van der Waals surface area contributed by atoms with Gasteiger partial charge in [-0.1, -0.05) is 31.9 Å². The maximum absolute atomic E-state index is 14.4. The van der Waals surface area contributed by atoms with Gasteiger partial charge in [-0.25, -0.2) is 9.37 Å². The van der Waals surface area contributed by atoms with E-state index in [-0.39, 0.29) is 18.0 Å². The summed E-state index contributed by atoms with van der Waals surface area (Å²) in [5, 5.41) is 10.7. The van der Waals surface area contributed by atoms with E-state index < -0.39 is 0 Å². The Morgan fingerprint density at radius 2 is 2.09 bits per heavy atom. The van der Waals surface area contributed by atoms with E-state index in [2.05, 4.69) is 11.9 Å². The smallest absolute Gasteiger partial charge is 0.129 e. The van der Waals surface area contributed by atoms with E-state index in [0.717, 1.165) is 30.0 Å². The molecule has 2 atom stereocenters. The zero-order valence-corrected chi connectivity index (χ0v) is 13.5. The predicted octanol–water partition coefficient (Wildman–Crippen LogP) is 4.17. The molecule has 1 aromatic carbocycles. The Morgan fingerprint density at radius 1 is 1.30 bits per heavy atom. The van der Waals surface area contributed by atoms with Crippen molar-refractivity contribution in [3.8, 4) is 11.3 Å². The van der Waals surface area contributed by atoms with Gasteiger partial charge in [0, 0.05) is 11.1 Å². The third-order valence-corrected chi connectivity index (χ3v) is 5.73. The van der Waals surface area contributed by atoms with Crippen LogP contribution >= 0.6 is 0 Å². The van der Waals surface area contributed by atoms with Crippen LogP contribution in [0.3, 0.4) is 0 Å². The number of nitrogens with zero attached hydrogens (tertiary/aromatic N) is 2. The maximum atomic E-state index is 14.4. The first-order valence-corrected chi connectivity index (χ1v) is 8.64. The molecule has 0 amide bonds. The predicted molar refractivity (Wildman–Crippen MR) is 87.5 cm³/mol. The third-order valence-electron chi connectivity index (χ3n) is 5.73. The number of aromatic nitrogens is 2. The molecule has 4 rings (SSSR count). The molecule has 1 aliphatic heterocycles. The van der Waals surface area contributed by atoms with E-state index in [1.165, 1.54) is 18.9 Å². The van der Waals surface area contributed by atoms with E-state index in [4.69, 9.17) is 0 Å². The fourth-order valence-corrected chi connectivity index (χ4v) is 4.32. The fourth-order valence-electron chi connectivity index (χ4n) is 4.32. The highest BCUT2D eigenvalue weighted by Gasteiger charge is 2.35. The SMILES string of the molecule is CC1CCC(C(O)CC2c3c(F)cccc3-c3cncn32)CC1. The summed E-state index contributed by atoms with van der Waals surface area (Å²) in [7, 11) is 0. The minimum absolute atomic E-state index is 0.141. The van der Waals surface area contributed by atoms with Crippen LogP contribution in [0, 0.1) is 17.7 Å². The minimum atomic E-state index is -0.381. The fraction of sp³-hybridized carbons (Fsp3) is 0.526. The molecule has 3 nitrogen and oxygen atoms in total. The molecule has 0 radical (unpaired) electrons. The Balaban J connectivity index is 1.60. The number of imidazole rings is 1. The maximum Gasteiger partial charge on any atom is 0.129 e. The zero-order valence-electron chi connectivity index (χ0n) is 13.5. The molecule has 2 aromatic rings. The van der Waals surface area contributed by atoms with Crippen LogP contribution in [0.4, 0.5) is 4.39 Å². The Bertz CT molecular complexity index is 703. The number of rotatable bonds is 3. The Hall–Kier alpha value is -1.68. The standard InChI is InChI=1S/C19H23FN2O/c1-12-5-7-13(8-6-12)18(23)9-16-19-14(3-2-4-15(19)20)17-10-21-11-22(16)17/h2-4,10-13,16,18,23H,5-9H2,1H3. The van der Waals surface area contributed by atoms with Crippen LogP contribution in [0.15, 0.2) is 30.7 Å². The second-order valence-corrected chi connectivity index (χ2v) is 7.23. The Kier molecular flexibility index (Phi) is 3.72. The van der Waals surface area contributed by atoms with Crippen molar-refractivity contribution in [1.82, 2.24) is 9.55 Å². The van der Waals surface area contributed by atoms with Crippen LogP contribution in [0.5, 0.6) is 0 Å². The Labute approximate surface area is 136 Å². The number of hydrogen-bond acceptors (Lipinski definition) is 2. The quantitative estimate of drug-likeness (QED) is 0.923. The molecule has 2 aliphatic rings. The number of aliphatic hydroxyl groups excluding tert-OH is 1. The number of benzene rings is 1. The first-order chi connectivity index (χ1) is 11.1. The first-order valence-electron chi connectivity index (χ1n) is 8.64. The van der Waals surface area contributed by atoms with Crippen molar-refractivity contribution < 1.29 is 9.50 Å². The van der Waals surface area contributed by atoms with E-state index in [9.17, 15) is 9.50 Å². The zero-order chi connectivity index (χ0) is 16.0. The summed E-state index contributed by atoms with van der Waals surface area (Å²) in [5.74, 6) is 0.929. The monoisotopic (exact) mass is 314 g/mol.